The van der Waals surface area contributed by atoms with E-state index in [1.54, 1.807) is 4.90 Å². The average molecular weight is 191 g/mol. The Bertz CT molecular complexity index is 139. The molecule has 0 saturated carbocycles. The van der Waals surface area contributed by atoms with Gasteiger partial charge in [0.25, 0.3) is 0 Å². The van der Waals surface area contributed by atoms with E-state index in [2.05, 4.69) is 12.6 Å². The molecule has 0 saturated heterocycles. The summed E-state index contributed by atoms with van der Waals surface area (Å²) in [4.78, 5) is 13.0. The van der Waals surface area contributed by atoms with Crippen LogP contribution < -0.4 is 0 Å². The molecule has 0 unspecified atom stereocenters. The summed E-state index contributed by atoms with van der Waals surface area (Å²) in [6.07, 6.45) is 0.446. The number of amides is 1. The van der Waals surface area contributed by atoms with Gasteiger partial charge in [-0.15, -0.1) is 0 Å². The molecule has 0 aromatic carbocycles. The Hall–Kier alpha value is -0.220. The molecule has 0 aromatic rings. The van der Waals surface area contributed by atoms with E-state index < -0.39 is 0 Å². The molecule has 0 rings (SSSR count). The van der Waals surface area contributed by atoms with Gasteiger partial charge in [-0.05, 0) is 19.6 Å². The molecule has 0 radical (unpaired) electrons. The maximum absolute atomic E-state index is 11.3. The van der Waals surface area contributed by atoms with Crippen molar-refractivity contribution in [3.05, 3.63) is 0 Å². The van der Waals surface area contributed by atoms with E-state index in [1.807, 2.05) is 13.8 Å². The van der Waals surface area contributed by atoms with Gasteiger partial charge in [-0.3, -0.25) is 4.79 Å². The zero-order chi connectivity index (χ0) is 9.56. The van der Waals surface area contributed by atoms with Gasteiger partial charge < -0.3 is 10.0 Å². The molecule has 0 bridgehead atoms. The van der Waals surface area contributed by atoms with Crippen LogP contribution in [0.1, 0.15) is 20.3 Å². The Kier molecular flexibility index (Phi) is 6.20. The van der Waals surface area contributed by atoms with Crippen LogP contribution in [0.3, 0.4) is 0 Å². The Morgan fingerprint density at radius 1 is 1.58 bits per heavy atom. The largest absolute Gasteiger partial charge is 0.395 e. The van der Waals surface area contributed by atoms with Crippen LogP contribution >= 0.6 is 12.6 Å². The molecule has 0 fully saturated rings. The van der Waals surface area contributed by atoms with Crippen LogP contribution in [0.2, 0.25) is 0 Å². The van der Waals surface area contributed by atoms with Crippen molar-refractivity contribution in [1.29, 1.82) is 0 Å². The van der Waals surface area contributed by atoms with Gasteiger partial charge in [0.15, 0.2) is 0 Å². The Labute approximate surface area is 79.2 Å². The maximum Gasteiger partial charge on any atom is 0.223 e. The van der Waals surface area contributed by atoms with Crippen molar-refractivity contribution in [2.24, 2.45) is 0 Å². The molecule has 72 valence electrons. The number of thiol groups is 1. The Morgan fingerprint density at radius 2 is 2.17 bits per heavy atom. The first-order chi connectivity index (χ1) is 5.63. The van der Waals surface area contributed by atoms with Crippen molar-refractivity contribution in [2.45, 2.75) is 26.3 Å². The summed E-state index contributed by atoms with van der Waals surface area (Å²) >= 11 is 3.98. The van der Waals surface area contributed by atoms with E-state index in [1.165, 1.54) is 0 Å². The lowest BCUT2D eigenvalue weighted by atomic mass is 10.3. The van der Waals surface area contributed by atoms with Crippen LogP contribution in [-0.4, -0.2) is 40.9 Å². The third kappa shape index (κ3) is 3.97. The SMILES string of the molecule is CC(C)N(CCO)C(=O)CCS. The summed E-state index contributed by atoms with van der Waals surface area (Å²) < 4.78 is 0. The minimum Gasteiger partial charge on any atom is -0.395 e. The average Bonchev–Trinajstić information content (AvgIpc) is 1.99. The lowest BCUT2D eigenvalue weighted by Crippen LogP contribution is -2.39. The van der Waals surface area contributed by atoms with Crippen LogP contribution in [0.25, 0.3) is 0 Å². The highest BCUT2D eigenvalue weighted by Crippen LogP contribution is 2.01. The molecule has 0 heterocycles. The van der Waals surface area contributed by atoms with Gasteiger partial charge in [0.1, 0.15) is 0 Å². The molecular formula is C8H17NO2S. The number of hydrogen-bond donors (Lipinski definition) is 2. The van der Waals surface area contributed by atoms with Crippen LogP contribution in [0, 0.1) is 0 Å². The number of carbonyl (C=O) groups is 1. The van der Waals surface area contributed by atoms with Gasteiger partial charge in [-0.2, -0.15) is 12.6 Å². The van der Waals surface area contributed by atoms with Crippen molar-refractivity contribution < 1.29 is 9.90 Å². The highest BCUT2D eigenvalue weighted by molar-refractivity contribution is 7.80. The van der Waals surface area contributed by atoms with Crippen molar-refractivity contribution in [2.75, 3.05) is 18.9 Å². The second-order valence-electron chi connectivity index (χ2n) is 2.88. The molecular weight excluding hydrogens is 174 g/mol. The van der Waals surface area contributed by atoms with Gasteiger partial charge in [-0.25, -0.2) is 0 Å². The highest BCUT2D eigenvalue weighted by atomic mass is 32.1. The van der Waals surface area contributed by atoms with Gasteiger partial charge in [0, 0.05) is 19.0 Å². The molecule has 3 nitrogen and oxygen atoms in total. The first-order valence-corrected chi connectivity index (χ1v) is 4.78. The van der Waals surface area contributed by atoms with E-state index in [4.69, 9.17) is 5.11 Å². The summed E-state index contributed by atoms with van der Waals surface area (Å²) in [7, 11) is 0. The first-order valence-electron chi connectivity index (χ1n) is 4.14. The lowest BCUT2D eigenvalue weighted by molar-refractivity contribution is -0.132. The number of rotatable bonds is 5. The van der Waals surface area contributed by atoms with E-state index >= 15 is 0 Å². The fourth-order valence-electron chi connectivity index (χ4n) is 1.02. The summed E-state index contributed by atoms with van der Waals surface area (Å²) in [6.45, 7) is 4.32. The predicted octanol–water partition coefficient (Wildman–Crippen LogP) is 0.536. The minimum atomic E-state index is 0.0243. The smallest absolute Gasteiger partial charge is 0.223 e. The van der Waals surface area contributed by atoms with Crippen molar-refractivity contribution in [1.82, 2.24) is 4.90 Å². The van der Waals surface area contributed by atoms with Crippen LogP contribution in [0.4, 0.5) is 0 Å². The van der Waals surface area contributed by atoms with E-state index in [-0.39, 0.29) is 18.6 Å². The van der Waals surface area contributed by atoms with Crippen molar-refractivity contribution in [3.63, 3.8) is 0 Å². The third-order valence-electron chi connectivity index (χ3n) is 1.61. The van der Waals surface area contributed by atoms with Gasteiger partial charge in [0.05, 0.1) is 6.61 Å². The van der Waals surface area contributed by atoms with Crippen molar-refractivity contribution >= 4 is 18.5 Å². The summed E-state index contributed by atoms with van der Waals surface area (Å²) in [5.74, 6) is 0.627. The van der Waals surface area contributed by atoms with Crippen LogP contribution in [0.5, 0.6) is 0 Å². The number of nitrogens with zero attached hydrogens (tertiary/aromatic N) is 1. The molecule has 4 heteroatoms. The van der Waals surface area contributed by atoms with E-state index in [0.717, 1.165) is 0 Å². The summed E-state index contributed by atoms with van der Waals surface area (Å²) in [5.41, 5.74) is 0. The fraction of sp³-hybridized carbons (Fsp3) is 0.875. The standard InChI is InChI=1S/C8H17NO2S/c1-7(2)9(4-5-10)8(11)3-6-12/h7,10,12H,3-6H2,1-2H3. The van der Waals surface area contributed by atoms with Gasteiger partial charge >= 0.3 is 0 Å². The molecule has 0 aliphatic rings. The van der Waals surface area contributed by atoms with Gasteiger partial charge in [0.2, 0.25) is 5.91 Å². The van der Waals surface area contributed by atoms with E-state index in [0.29, 0.717) is 18.7 Å². The fourth-order valence-corrected chi connectivity index (χ4v) is 1.21. The normalized spacial score (nSPS) is 10.4. The lowest BCUT2D eigenvalue weighted by Gasteiger charge is -2.25. The molecule has 0 atom stereocenters. The van der Waals surface area contributed by atoms with Crippen LogP contribution in [0.15, 0.2) is 0 Å². The van der Waals surface area contributed by atoms with E-state index in [9.17, 15) is 4.79 Å². The zero-order valence-corrected chi connectivity index (χ0v) is 8.55. The molecule has 1 N–H and O–H groups in total. The quantitative estimate of drug-likeness (QED) is 0.623. The van der Waals surface area contributed by atoms with Gasteiger partial charge in [-0.1, -0.05) is 0 Å². The maximum atomic E-state index is 11.3. The molecule has 0 aromatic heterocycles. The van der Waals surface area contributed by atoms with Crippen molar-refractivity contribution in [3.8, 4) is 0 Å². The zero-order valence-electron chi connectivity index (χ0n) is 7.66. The topological polar surface area (TPSA) is 40.5 Å². The third-order valence-corrected chi connectivity index (χ3v) is 1.83. The minimum absolute atomic E-state index is 0.0243. The molecule has 0 spiro atoms. The monoisotopic (exact) mass is 191 g/mol. The number of carbonyl (C=O) groups excluding carboxylic acids is 1. The second kappa shape index (κ2) is 6.31. The number of aliphatic hydroxyl groups is 1. The Morgan fingerprint density at radius 3 is 2.50 bits per heavy atom. The summed E-state index contributed by atoms with van der Waals surface area (Å²) in [6, 6.07) is 0.157. The summed E-state index contributed by atoms with van der Waals surface area (Å²) in [5, 5.41) is 8.69. The molecule has 0 aliphatic carbocycles. The molecule has 12 heavy (non-hydrogen) atoms. The number of aliphatic hydroxyl groups excluding tert-OH is 1. The Balaban J connectivity index is 4.00. The molecule has 1 amide bonds. The number of hydrogen-bond acceptors (Lipinski definition) is 3. The highest BCUT2D eigenvalue weighted by Gasteiger charge is 2.14. The van der Waals surface area contributed by atoms with Crippen LogP contribution in [-0.2, 0) is 4.79 Å². The predicted molar refractivity (Wildman–Crippen MR) is 52.4 cm³/mol. The second-order valence-corrected chi connectivity index (χ2v) is 3.33. The first kappa shape index (κ1) is 11.8. The molecule has 0 aliphatic heterocycles.